The summed E-state index contributed by atoms with van der Waals surface area (Å²) in [6.07, 6.45) is 2.58. The minimum Gasteiger partial charge on any atom is -0.373 e. The van der Waals surface area contributed by atoms with E-state index in [9.17, 15) is 4.79 Å². The Kier molecular flexibility index (Phi) is 3.67. The van der Waals surface area contributed by atoms with E-state index >= 15 is 0 Å². The number of nitrogens with zero attached hydrogens (tertiary/aromatic N) is 2. The van der Waals surface area contributed by atoms with Gasteiger partial charge in [0, 0.05) is 26.6 Å². The van der Waals surface area contributed by atoms with Crippen LogP contribution < -0.4 is 9.80 Å². The lowest BCUT2D eigenvalue weighted by Gasteiger charge is -2.24. The molecule has 0 saturated carbocycles. The Bertz CT molecular complexity index is 403. The minimum atomic E-state index is 0.246. The van der Waals surface area contributed by atoms with E-state index in [1.807, 2.05) is 30.0 Å². The van der Waals surface area contributed by atoms with Crippen LogP contribution in [0.2, 0.25) is 0 Å². The van der Waals surface area contributed by atoms with E-state index in [-0.39, 0.29) is 5.91 Å². The van der Waals surface area contributed by atoms with Crippen molar-refractivity contribution in [3.8, 4) is 0 Å². The molecule has 1 aromatic rings. The van der Waals surface area contributed by atoms with Gasteiger partial charge in [-0.25, -0.2) is 0 Å². The maximum absolute atomic E-state index is 12.1. The van der Waals surface area contributed by atoms with Crippen LogP contribution in [0.25, 0.3) is 0 Å². The van der Waals surface area contributed by atoms with Gasteiger partial charge < -0.3 is 9.80 Å². The second-order valence-electron chi connectivity index (χ2n) is 4.56. The van der Waals surface area contributed by atoms with Crippen molar-refractivity contribution >= 4 is 17.3 Å². The normalized spacial score (nSPS) is 15.4. The molecule has 0 spiro atoms. The van der Waals surface area contributed by atoms with Crippen LogP contribution in [-0.2, 0) is 4.79 Å². The van der Waals surface area contributed by atoms with Crippen molar-refractivity contribution in [1.82, 2.24) is 0 Å². The fourth-order valence-electron chi connectivity index (χ4n) is 2.33. The molecule has 2 rings (SSSR count). The summed E-state index contributed by atoms with van der Waals surface area (Å²) in [6, 6.07) is 8.17. The van der Waals surface area contributed by atoms with Crippen molar-refractivity contribution in [2.45, 2.75) is 26.2 Å². The van der Waals surface area contributed by atoms with E-state index in [4.69, 9.17) is 0 Å². The molecule has 0 bridgehead atoms. The van der Waals surface area contributed by atoms with Crippen molar-refractivity contribution in [3.63, 3.8) is 0 Å². The van der Waals surface area contributed by atoms with Crippen molar-refractivity contribution in [1.29, 1.82) is 0 Å². The lowest BCUT2D eigenvalue weighted by molar-refractivity contribution is -0.118. The standard InChI is InChI=1S/C14H20N2O/c1-3-7-14(17)16-11-6-10-15(2)12-8-4-5-9-13(12)16/h4-5,8-9H,3,6-7,10-11H2,1-2H3. The number of fused-ring (bicyclic) bond motifs is 1. The summed E-state index contributed by atoms with van der Waals surface area (Å²) in [5.74, 6) is 0.246. The van der Waals surface area contributed by atoms with Gasteiger partial charge in [0.2, 0.25) is 5.91 Å². The van der Waals surface area contributed by atoms with E-state index in [0.29, 0.717) is 6.42 Å². The van der Waals surface area contributed by atoms with Gasteiger partial charge in [0.05, 0.1) is 11.4 Å². The number of benzene rings is 1. The van der Waals surface area contributed by atoms with Crippen LogP contribution >= 0.6 is 0 Å². The Morgan fingerprint density at radius 2 is 1.94 bits per heavy atom. The lowest BCUT2D eigenvalue weighted by atomic mass is 10.2. The predicted molar refractivity (Wildman–Crippen MR) is 71.6 cm³/mol. The molecular formula is C14H20N2O. The number of anilines is 2. The van der Waals surface area contributed by atoms with Gasteiger partial charge in [0.15, 0.2) is 0 Å². The van der Waals surface area contributed by atoms with Gasteiger partial charge in [-0.1, -0.05) is 19.1 Å². The number of hydrogen-bond donors (Lipinski definition) is 0. The molecule has 1 amide bonds. The van der Waals surface area contributed by atoms with Crippen molar-refractivity contribution < 1.29 is 4.79 Å². The maximum atomic E-state index is 12.1. The van der Waals surface area contributed by atoms with Crippen LogP contribution in [0.15, 0.2) is 24.3 Å². The highest BCUT2D eigenvalue weighted by atomic mass is 16.2. The Labute approximate surface area is 103 Å². The SMILES string of the molecule is CCCC(=O)N1CCCN(C)c2ccccc21. The molecule has 0 saturated heterocycles. The fraction of sp³-hybridized carbons (Fsp3) is 0.500. The highest BCUT2D eigenvalue weighted by Gasteiger charge is 2.21. The summed E-state index contributed by atoms with van der Waals surface area (Å²) in [4.78, 5) is 16.3. The third-order valence-electron chi connectivity index (χ3n) is 3.22. The monoisotopic (exact) mass is 232 g/mol. The summed E-state index contributed by atoms with van der Waals surface area (Å²) in [5.41, 5.74) is 2.22. The molecule has 0 fully saturated rings. The van der Waals surface area contributed by atoms with Crippen molar-refractivity contribution in [2.24, 2.45) is 0 Å². The molecule has 0 aliphatic carbocycles. The van der Waals surface area contributed by atoms with Gasteiger partial charge in [0.25, 0.3) is 0 Å². The highest BCUT2D eigenvalue weighted by molar-refractivity contribution is 5.97. The average molecular weight is 232 g/mol. The van der Waals surface area contributed by atoms with E-state index in [0.717, 1.165) is 37.3 Å². The molecule has 0 atom stereocenters. The van der Waals surface area contributed by atoms with Gasteiger partial charge in [-0.05, 0) is 25.0 Å². The first-order valence-electron chi connectivity index (χ1n) is 6.34. The quantitative estimate of drug-likeness (QED) is 0.782. The zero-order valence-electron chi connectivity index (χ0n) is 10.6. The van der Waals surface area contributed by atoms with Crippen LogP contribution in [0.4, 0.5) is 11.4 Å². The van der Waals surface area contributed by atoms with E-state index < -0.39 is 0 Å². The molecule has 3 heteroatoms. The molecule has 1 aliphatic rings. The van der Waals surface area contributed by atoms with Gasteiger partial charge >= 0.3 is 0 Å². The van der Waals surface area contributed by atoms with Crippen LogP contribution in [0, 0.1) is 0 Å². The summed E-state index contributed by atoms with van der Waals surface area (Å²) in [7, 11) is 2.09. The summed E-state index contributed by atoms with van der Waals surface area (Å²) >= 11 is 0. The number of amides is 1. The molecule has 0 aromatic heterocycles. The average Bonchev–Trinajstić information content (AvgIpc) is 2.50. The second-order valence-corrected chi connectivity index (χ2v) is 4.56. The number of para-hydroxylation sites is 2. The molecular weight excluding hydrogens is 212 g/mol. The first-order chi connectivity index (χ1) is 8.24. The predicted octanol–water partition coefficient (Wildman–Crippen LogP) is 2.66. The highest BCUT2D eigenvalue weighted by Crippen LogP contribution is 2.31. The lowest BCUT2D eigenvalue weighted by Crippen LogP contribution is -2.31. The summed E-state index contributed by atoms with van der Waals surface area (Å²) < 4.78 is 0. The first kappa shape index (κ1) is 12.0. The van der Waals surface area contributed by atoms with E-state index in [2.05, 4.69) is 18.0 Å². The van der Waals surface area contributed by atoms with Crippen LogP contribution in [-0.4, -0.2) is 26.0 Å². The smallest absolute Gasteiger partial charge is 0.227 e. The van der Waals surface area contributed by atoms with Gasteiger partial charge in [-0.3, -0.25) is 4.79 Å². The molecule has 17 heavy (non-hydrogen) atoms. The van der Waals surface area contributed by atoms with Crippen LogP contribution in [0.5, 0.6) is 0 Å². The third-order valence-corrected chi connectivity index (χ3v) is 3.22. The summed E-state index contributed by atoms with van der Waals surface area (Å²) in [6.45, 7) is 3.89. The molecule has 0 unspecified atom stereocenters. The number of rotatable bonds is 2. The van der Waals surface area contributed by atoms with E-state index in [1.165, 1.54) is 0 Å². The van der Waals surface area contributed by atoms with Crippen LogP contribution in [0.1, 0.15) is 26.2 Å². The molecule has 3 nitrogen and oxygen atoms in total. The molecule has 1 aromatic carbocycles. The Morgan fingerprint density at radius 3 is 2.65 bits per heavy atom. The Morgan fingerprint density at radius 1 is 1.24 bits per heavy atom. The molecule has 1 heterocycles. The molecule has 0 N–H and O–H groups in total. The zero-order chi connectivity index (χ0) is 12.3. The van der Waals surface area contributed by atoms with Gasteiger partial charge in [-0.2, -0.15) is 0 Å². The maximum Gasteiger partial charge on any atom is 0.227 e. The molecule has 92 valence electrons. The fourth-order valence-corrected chi connectivity index (χ4v) is 2.33. The molecule has 0 radical (unpaired) electrons. The number of carbonyl (C=O) groups excluding carboxylic acids is 1. The van der Waals surface area contributed by atoms with Gasteiger partial charge in [-0.15, -0.1) is 0 Å². The second kappa shape index (κ2) is 5.21. The first-order valence-corrected chi connectivity index (χ1v) is 6.34. The number of carbonyl (C=O) groups is 1. The van der Waals surface area contributed by atoms with Crippen LogP contribution in [0.3, 0.4) is 0 Å². The molecule has 1 aliphatic heterocycles. The minimum absolute atomic E-state index is 0.246. The Hall–Kier alpha value is -1.51. The topological polar surface area (TPSA) is 23.6 Å². The third kappa shape index (κ3) is 2.43. The van der Waals surface area contributed by atoms with Crippen molar-refractivity contribution in [2.75, 3.05) is 29.9 Å². The van der Waals surface area contributed by atoms with Crippen molar-refractivity contribution in [3.05, 3.63) is 24.3 Å². The largest absolute Gasteiger partial charge is 0.373 e. The van der Waals surface area contributed by atoms with E-state index in [1.54, 1.807) is 0 Å². The van der Waals surface area contributed by atoms with Gasteiger partial charge in [0.1, 0.15) is 0 Å². The summed E-state index contributed by atoms with van der Waals surface area (Å²) in [5, 5.41) is 0. The Balaban J connectivity index is 2.35. The number of hydrogen-bond acceptors (Lipinski definition) is 2. The zero-order valence-corrected chi connectivity index (χ0v) is 10.6.